The summed E-state index contributed by atoms with van der Waals surface area (Å²) in [6, 6.07) is 13.1. The standard InChI is InChI=1S/C19H19F3N6O2.C15H12F3N5O2/c20-19(21,22)14-7-6-11(16(26-14)28-8-1-2-9-28)10-23-17(29)24-12-4-3-5-13-15(12)27-18(30)25-13;16-15(17,18)11-5-4-8(6-19-11)7-20-13(24)21-9-2-1-3-10-12(9)23-14(25)22-10/h3-7H,1-2,8-10H2,(H2,23,24,29)(H2,25,27,30);1-6H,7H2,(H2,20,21,24)(H2,22,23,25). The molecule has 55 heavy (non-hydrogen) atoms. The number of imidazole rings is 2. The average molecular weight is 772 g/mol. The molecule has 1 aliphatic heterocycles. The summed E-state index contributed by atoms with van der Waals surface area (Å²) >= 11 is 0. The normalized spacial score (nSPS) is 13.0. The summed E-state index contributed by atoms with van der Waals surface area (Å²) in [7, 11) is 0. The van der Waals surface area contributed by atoms with Crippen LogP contribution in [0, 0.1) is 0 Å². The predicted octanol–water partition coefficient (Wildman–Crippen LogP) is 5.78. The van der Waals surface area contributed by atoms with Crippen molar-refractivity contribution in [1.29, 1.82) is 0 Å². The Balaban J connectivity index is 0.000000190. The number of pyridine rings is 2. The molecule has 288 valence electrons. The minimum Gasteiger partial charge on any atom is -0.356 e. The topological polar surface area (TPSA) is 209 Å². The second-order valence-electron chi connectivity index (χ2n) is 12.2. The summed E-state index contributed by atoms with van der Waals surface area (Å²) in [5, 5.41) is 10.3. The minimum absolute atomic E-state index is 0.00242. The lowest BCUT2D eigenvalue weighted by atomic mass is 10.2. The largest absolute Gasteiger partial charge is 0.433 e. The Morgan fingerprint density at radius 1 is 0.673 bits per heavy atom. The van der Waals surface area contributed by atoms with Gasteiger partial charge < -0.3 is 46.1 Å². The number of nitrogens with one attached hydrogen (secondary N) is 8. The van der Waals surface area contributed by atoms with E-state index in [-0.39, 0.29) is 18.9 Å². The number of para-hydroxylation sites is 2. The number of aromatic nitrogens is 6. The van der Waals surface area contributed by atoms with Crippen LogP contribution in [-0.2, 0) is 25.4 Å². The first-order valence-electron chi connectivity index (χ1n) is 16.5. The van der Waals surface area contributed by atoms with E-state index in [0.29, 0.717) is 57.7 Å². The van der Waals surface area contributed by atoms with Gasteiger partial charge in [-0.1, -0.05) is 24.3 Å². The highest BCUT2D eigenvalue weighted by atomic mass is 19.4. The first-order chi connectivity index (χ1) is 26.1. The predicted molar refractivity (Wildman–Crippen MR) is 189 cm³/mol. The van der Waals surface area contributed by atoms with Gasteiger partial charge >= 0.3 is 35.8 Å². The molecule has 21 heteroatoms. The third-order valence-corrected chi connectivity index (χ3v) is 8.26. The number of fused-ring (bicyclic) bond motifs is 2. The van der Waals surface area contributed by atoms with E-state index >= 15 is 0 Å². The van der Waals surface area contributed by atoms with E-state index in [9.17, 15) is 45.5 Å². The highest BCUT2D eigenvalue weighted by Crippen LogP contribution is 2.32. The molecule has 0 atom stereocenters. The van der Waals surface area contributed by atoms with Crippen molar-refractivity contribution in [2.45, 2.75) is 38.3 Å². The van der Waals surface area contributed by atoms with Crippen LogP contribution in [0.3, 0.4) is 0 Å². The van der Waals surface area contributed by atoms with E-state index in [1.807, 2.05) is 0 Å². The van der Waals surface area contributed by atoms with Gasteiger partial charge in [-0.15, -0.1) is 0 Å². The maximum atomic E-state index is 13.1. The Bertz CT molecular complexity index is 2430. The van der Waals surface area contributed by atoms with Crippen molar-refractivity contribution in [2.24, 2.45) is 0 Å². The van der Waals surface area contributed by atoms with Crippen LogP contribution in [0.15, 0.2) is 76.4 Å². The average Bonchev–Trinajstić information content (AvgIpc) is 3.90. The van der Waals surface area contributed by atoms with Crippen molar-refractivity contribution in [3.63, 3.8) is 0 Å². The lowest BCUT2D eigenvalue weighted by molar-refractivity contribution is -0.141. The van der Waals surface area contributed by atoms with Crippen LogP contribution in [0.25, 0.3) is 22.1 Å². The summed E-state index contributed by atoms with van der Waals surface area (Å²) in [5.41, 5.74) is 0.911. The number of benzene rings is 2. The monoisotopic (exact) mass is 771 g/mol. The summed E-state index contributed by atoms with van der Waals surface area (Å²) in [6.07, 6.45) is -6.23. The van der Waals surface area contributed by atoms with Crippen LogP contribution in [-0.4, -0.2) is 55.1 Å². The van der Waals surface area contributed by atoms with Crippen LogP contribution < -0.4 is 37.5 Å². The Hall–Kier alpha value is -6.80. The van der Waals surface area contributed by atoms with Gasteiger partial charge in [0.05, 0.1) is 33.4 Å². The van der Waals surface area contributed by atoms with Gasteiger partial charge in [0.15, 0.2) is 0 Å². The Labute approximate surface area is 305 Å². The number of amides is 4. The van der Waals surface area contributed by atoms with Gasteiger partial charge in [-0.3, -0.25) is 4.98 Å². The Kier molecular flexibility index (Phi) is 10.8. The van der Waals surface area contributed by atoms with E-state index in [4.69, 9.17) is 0 Å². The Morgan fingerprint density at radius 3 is 1.71 bits per heavy atom. The number of aromatic amines is 4. The van der Waals surface area contributed by atoms with E-state index < -0.39 is 47.2 Å². The second-order valence-corrected chi connectivity index (χ2v) is 12.2. The number of nitrogens with zero attached hydrogens (tertiary/aromatic N) is 3. The number of halogens is 6. The van der Waals surface area contributed by atoms with Crippen molar-refractivity contribution in [3.05, 3.63) is 110 Å². The lowest BCUT2D eigenvalue weighted by Gasteiger charge is -2.21. The molecule has 4 amide bonds. The first-order valence-corrected chi connectivity index (χ1v) is 16.5. The summed E-state index contributed by atoms with van der Waals surface area (Å²) in [5.74, 6) is 0.236. The molecule has 5 heterocycles. The number of hydrogen-bond acceptors (Lipinski definition) is 7. The maximum Gasteiger partial charge on any atom is 0.433 e. The molecule has 1 aliphatic rings. The van der Waals surface area contributed by atoms with Crippen molar-refractivity contribution in [3.8, 4) is 0 Å². The molecule has 2 aromatic carbocycles. The molecule has 6 aromatic rings. The SMILES string of the molecule is O=C(NCc1ccc(C(F)(F)F)nc1)Nc1cccc2[nH]c(=O)[nH]c12.O=C(NCc1ccc(C(F)(F)F)nc1N1CCCC1)Nc1cccc2[nH]c(=O)[nH]c12. The number of urea groups is 2. The molecule has 0 spiro atoms. The molecule has 7 rings (SSSR count). The second kappa shape index (κ2) is 15.7. The molecule has 0 saturated carbocycles. The molecule has 0 unspecified atom stereocenters. The quantitative estimate of drug-likeness (QED) is 0.0938. The summed E-state index contributed by atoms with van der Waals surface area (Å²) < 4.78 is 76.6. The van der Waals surface area contributed by atoms with E-state index in [1.165, 1.54) is 12.1 Å². The maximum absolute atomic E-state index is 13.1. The van der Waals surface area contributed by atoms with E-state index in [1.54, 1.807) is 41.3 Å². The summed E-state index contributed by atoms with van der Waals surface area (Å²) in [6.45, 7) is 1.24. The highest BCUT2D eigenvalue weighted by Gasteiger charge is 2.34. The van der Waals surface area contributed by atoms with E-state index in [2.05, 4.69) is 51.2 Å². The zero-order chi connectivity index (χ0) is 39.3. The highest BCUT2D eigenvalue weighted by molar-refractivity contribution is 5.99. The number of carbonyl (C=O) groups excluding carboxylic acids is 2. The number of anilines is 3. The third-order valence-electron chi connectivity index (χ3n) is 8.26. The molecule has 0 bridgehead atoms. The van der Waals surface area contributed by atoms with Gasteiger partial charge in [-0.25, -0.2) is 24.2 Å². The van der Waals surface area contributed by atoms with Gasteiger partial charge in [0, 0.05) is 37.9 Å². The molecular weight excluding hydrogens is 740 g/mol. The van der Waals surface area contributed by atoms with Gasteiger partial charge in [-0.05, 0) is 54.8 Å². The van der Waals surface area contributed by atoms with Crippen LogP contribution >= 0.6 is 0 Å². The number of alkyl halides is 6. The van der Waals surface area contributed by atoms with Gasteiger partial charge in [0.25, 0.3) is 0 Å². The fourth-order valence-electron chi connectivity index (χ4n) is 5.69. The number of carbonyl (C=O) groups is 2. The molecule has 15 nitrogen and oxygen atoms in total. The first kappa shape index (κ1) is 37.9. The molecule has 0 radical (unpaired) electrons. The number of H-pyrrole nitrogens is 4. The molecule has 1 saturated heterocycles. The van der Waals surface area contributed by atoms with E-state index in [0.717, 1.165) is 31.2 Å². The molecule has 8 N–H and O–H groups in total. The van der Waals surface area contributed by atoms with Gasteiger partial charge in [-0.2, -0.15) is 26.3 Å². The van der Waals surface area contributed by atoms with Crippen molar-refractivity contribution in [1.82, 2.24) is 40.5 Å². The van der Waals surface area contributed by atoms with Crippen LogP contribution in [0.5, 0.6) is 0 Å². The Morgan fingerprint density at radius 2 is 1.20 bits per heavy atom. The van der Waals surface area contributed by atoms with Crippen LogP contribution in [0.2, 0.25) is 0 Å². The van der Waals surface area contributed by atoms with Crippen molar-refractivity contribution < 1.29 is 35.9 Å². The molecule has 0 aliphatic carbocycles. The third kappa shape index (κ3) is 9.42. The number of rotatable bonds is 7. The molecular formula is C34H31F6N11O4. The molecule has 1 fully saturated rings. The van der Waals surface area contributed by atoms with Gasteiger partial charge in [0.1, 0.15) is 17.2 Å². The smallest absolute Gasteiger partial charge is 0.356 e. The van der Waals surface area contributed by atoms with Gasteiger partial charge in [0.2, 0.25) is 0 Å². The fourth-order valence-corrected chi connectivity index (χ4v) is 5.69. The van der Waals surface area contributed by atoms with Crippen LogP contribution in [0.4, 0.5) is 53.1 Å². The van der Waals surface area contributed by atoms with Crippen molar-refractivity contribution >= 4 is 51.3 Å². The fraction of sp³-hybridized carbons (Fsp3) is 0.235. The number of hydrogen-bond donors (Lipinski definition) is 8. The lowest BCUT2D eigenvalue weighted by Crippen LogP contribution is -2.30. The molecule has 4 aromatic heterocycles. The van der Waals surface area contributed by atoms with Crippen molar-refractivity contribution in [2.75, 3.05) is 28.6 Å². The van der Waals surface area contributed by atoms with Crippen LogP contribution in [0.1, 0.15) is 35.4 Å². The zero-order valence-electron chi connectivity index (χ0n) is 28.3. The minimum atomic E-state index is -4.54. The zero-order valence-corrected chi connectivity index (χ0v) is 28.3. The summed E-state index contributed by atoms with van der Waals surface area (Å²) in [4.78, 5) is 66.3.